The Balaban J connectivity index is 1.37. The molecule has 0 N–H and O–H groups in total. The zero-order valence-corrected chi connectivity index (χ0v) is 17.8. The van der Waals surface area contributed by atoms with Crippen LogP contribution in [0.5, 0.6) is 0 Å². The van der Waals surface area contributed by atoms with Gasteiger partial charge in [0.05, 0.1) is 40.9 Å². The molecule has 0 saturated carbocycles. The summed E-state index contributed by atoms with van der Waals surface area (Å²) in [5.74, 6) is 0. The van der Waals surface area contributed by atoms with E-state index < -0.39 is 0 Å². The van der Waals surface area contributed by atoms with Gasteiger partial charge in [0.25, 0.3) is 0 Å². The van der Waals surface area contributed by atoms with Gasteiger partial charge in [-0.3, -0.25) is 0 Å². The van der Waals surface area contributed by atoms with Gasteiger partial charge in [0.2, 0.25) is 0 Å². The topological polar surface area (TPSA) is 23.4 Å². The maximum atomic E-state index is 5.87. The van der Waals surface area contributed by atoms with E-state index in [1.165, 1.54) is 33.1 Å². The van der Waals surface area contributed by atoms with Crippen LogP contribution in [0.15, 0.2) is 72.8 Å². The summed E-state index contributed by atoms with van der Waals surface area (Å²) in [5.41, 5.74) is 4.99. The highest BCUT2D eigenvalue weighted by Gasteiger charge is 2.35. The Morgan fingerprint density at radius 1 is 0.857 bits per heavy atom. The molecule has 1 aromatic heterocycles. The lowest BCUT2D eigenvalue weighted by atomic mass is 10.1. The summed E-state index contributed by atoms with van der Waals surface area (Å²) < 4.78 is 13.7. The van der Waals surface area contributed by atoms with E-state index >= 15 is 0 Å². The predicted octanol–water partition coefficient (Wildman–Crippen LogP) is 5.55. The fourth-order valence-electron chi connectivity index (χ4n) is 3.86. The Labute approximate surface area is 178 Å². The molecule has 1 aliphatic rings. The number of fused-ring (bicyclic) bond motifs is 3. The predicted molar refractivity (Wildman–Crippen MR) is 123 cm³/mol. The number of alkyl halides is 1. The Hall–Kier alpha value is -1.89. The molecule has 0 bridgehead atoms. The van der Waals surface area contributed by atoms with Crippen molar-refractivity contribution in [2.24, 2.45) is 0 Å². The average molecular weight is 483 g/mol. The molecular formula is C24H22INO2. The minimum absolute atomic E-state index is 0.193. The van der Waals surface area contributed by atoms with Crippen molar-refractivity contribution in [3.63, 3.8) is 0 Å². The summed E-state index contributed by atoms with van der Waals surface area (Å²) in [7, 11) is 0. The van der Waals surface area contributed by atoms with Crippen molar-refractivity contribution in [2.75, 3.05) is 26.4 Å². The third kappa shape index (κ3) is 3.34. The molecular weight excluding hydrogens is 461 g/mol. The number of hydrogen-bond donors (Lipinski definition) is 0. The molecule has 0 unspecified atom stereocenters. The van der Waals surface area contributed by atoms with Crippen LogP contribution < -0.4 is 0 Å². The molecule has 5 rings (SSSR count). The van der Waals surface area contributed by atoms with Gasteiger partial charge in [-0.05, 0) is 36.2 Å². The molecule has 0 atom stereocenters. The molecule has 2 heterocycles. The fourth-order valence-corrected chi connectivity index (χ4v) is 4.52. The number of para-hydroxylation sites is 2. The van der Waals surface area contributed by atoms with Crippen LogP contribution in [0.25, 0.3) is 27.5 Å². The van der Waals surface area contributed by atoms with Crippen LogP contribution in [-0.4, -0.2) is 34.4 Å². The second-order valence-corrected chi connectivity index (χ2v) is 9.77. The van der Waals surface area contributed by atoms with E-state index in [0.717, 1.165) is 32.8 Å². The molecule has 4 aromatic rings. The molecule has 0 amide bonds. The van der Waals surface area contributed by atoms with Crippen LogP contribution in [0.2, 0.25) is 0 Å². The standard InChI is InChI=1S/C24H22INO2/c25-24(16-28-17-24)15-27-14-13-18-9-11-19(12-10-18)26-22-7-3-1-5-20(22)21-6-2-4-8-23(21)26/h1-12H,13-17H2. The first kappa shape index (κ1) is 18.2. The van der Waals surface area contributed by atoms with Gasteiger partial charge in [-0.25, -0.2) is 0 Å². The molecule has 4 heteroatoms. The average Bonchev–Trinajstić information content (AvgIpc) is 3.05. The summed E-state index contributed by atoms with van der Waals surface area (Å²) in [4.78, 5) is 0. The van der Waals surface area contributed by atoms with Crippen molar-refractivity contribution in [3.05, 3.63) is 78.4 Å². The minimum Gasteiger partial charge on any atom is -0.380 e. The fraction of sp³-hybridized carbons (Fsp3) is 0.250. The van der Waals surface area contributed by atoms with Gasteiger partial charge in [-0.1, -0.05) is 71.1 Å². The molecule has 3 aromatic carbocycles. The van der Waals surface area contributed by atoms with E-state index in [1.54, 1.807) is 0 Å². The summed E-state index contributed by atoms with van der Waals surface area (Å²) in [6, 6.07) is 26.1. The molecule has 0 spiro atoms. The summed E-state index contributed by atoms with van der Waals surface area (Å²) in [5, 5.41) is 2.59. The molecule has 1 aliphatic heterocycles. The molecule has 3 nitrogen and oxygen atoms in total. The number of benzene rings is 3. The molecule has 0 radical (unpaired) electrons. The first-order valence-corrected chi connectivity index (χ1v) is 10.7. The summed E-state index contributed by atoms with van der Waals surface area (Å²) >= 11 is 2.45. The lowest BCUT2D eigenvalue weighted by Crippen LogP contribution is -2.47. The number of aromatic nitrogens is 1. The number of nitrogens with zero attached hydrogens (tertiary/aromatic N) is 1. The van der Waals surface area contributed by atoms with E-state index in [0.29, 0.717) is 0 Å². The quantitative estimate of drug-likeness (QED) is 0.204. The minimum atomic E-state index is 0.193. The van der Waals surface area contributed by atoms with Crippen molar-refractivity contribution in [1.82, 2.24) is 4.57 Å². The second-order valence-electron chi connectivity index (χ2n) is 7.48. The van der Waals surface area contributed by atoms with Gasteiger partial charge in [0.1, 0.15) is 0 Å². The van der Waals surface area contributed by atoms with E-state index in [1.807, 2.05) is 0 Å². The number of halogens is 1. The van der Waals surface area contributed by atoms with Crippen molar-refractivity contribution < 1.29 is 9.47 Å². The molecule has 142 valence electrons. The van der Waals surface area contributed by atoms with Crippen molar-refractivity contribution in [3.8, 4) is 5.69 Å². The van der Waals surface area contributed by atoms with Gasteiger partial charge in [-0.15, -0.1) is 0 Å². The third-order valence-corrected chi connectivity index (χ3v) is 6.33. The maximum Gasteiger partial charge on any atom is 0.0920 e. The highest BCUT2D eigenvalue weighted by atomic mass is 127. The molecule has 28 heavy (non-hydrogen) atoms. The van der Waals surface area contributed by atoms with Crippen LogP contribution in [0, 0.1) is 0 Å². The first-order valence-electron chi connectivity index (χ1n) is 9.65. The van der Waals surface area contributed by atoms with Gasteiger partial charge in [0.15, 0.2) is 0 Å². The Morgan fingerprint density at radius 2 is 1.46 bits per heavy atom. The normalized spacial score (nSPS) is 15.8. The van der Waals surface area contributed by atoms with Crippen LogP contribution in [0.1, 0.15) is 5.56 Å². The lowest BCUT2D eigenvalue weighted by Gasteiger charge is -2.35. The molecule has 1 fully saturated rings. The van der Waals surface area contributed by atoms with Crippen LogP contribution in [0.4, 0.5) is 0 Å². The zero-order valence-electron chi connectivity index (χ0n) is 15.6. The SMILES string of the molecule is IC1(COCCc2ccc(-n3c4ccccc4c4ccccc43)cc2)COC1. The summed E-state index contributed by atoms with van der Waals surface area (Å²) in [6.45, 7) is 3.13. The van der Waals surface area contributed by atoms with E-state index in [9.17, 15) is 0 Å². The van der Waals surface area contributed by atoms with Crippen molar-refractivity contribution in [2.45, 2.75) is 9.84 Å². The van der Waals surface area contributed by atoms with Crippen LogP contribution >= 0.6 is 22.6 Å². The zero-order chi connectivity index (χ0) is 19.0. The second kappa shape index (κ2) is 7.50. The molecule has 1 saturated heterocycles. The smallest absolute Gasteiger partial charge is 0.0920 e. The largest absolute Gasteiger partial charge is 0.380 e. The first-order chi connectivity index (χ1) is 13.7. The Morgan fingerprint density at radius 3 is 2.04 bits per heavy atom. The molecule has 0 aliphatic carbocycles. The lowest BCUT2D eigenvalue weighted by molar-refractivity contribution is -0.0397. The summed E-state index contributed by atoms with van der Waals surface area (Å²) in [6.07, 6.45) is 0.932. The number of ether oxygens (including phenoxy) is 2. The Bertz CT molecular complexity index is 1060. The van der Waals surface area contributed by atoms with Crippen molar-refractivity contribution >= 4 is 44.4 Å². The van der Waals surface area contributed by atoms with Gasteiger partial charge >= 0.3 is 0 Å². The van der Waals surface area contributed by atoms with E-state index in [-0.39, 0.29) is 3.42 Å². The van der Waals surface area contributed by atoms with E-state index in [2.05, 4.69) is 100.0 Å². The van der Waals surface area contributed by atoms with Crippen LogP contribution in [-0.2, 0) is 15.9 Å². The number of rotatable bonds is 6. The third-order valence-electron chi connectivity index (χ3n) is 5.39. The van der Waals surface area contributed by atoms with Gasteiger partial charge in [0, 0.05) is 16.5 Å². The number of hydrogen-bond acceptors (Lipinski definition) is 2. The highest BCUT2D eigenvalue weighted by molar-refractivity contribution is 14.1. The van der Waals surface area contributed by atoms with Crippen molar-refractivity contribution in [1.29, 1.82) is 0 Å². The van der Waals surface area contributed by atoms with Crippen LogP contribution in [0.3, 0.4) is 0 Å². The highest BCUT2D eigenvalue weighted by Crippen LogP contribution is 2.32. The van der Waals surface area contributed by atoms with Gasteiger partial charge < -0.3 is 14.0 Å². The monoisotopic (exact) mass is 483 g/mol. The van der Waals surface area contributed by atoms with E-state index in [4.69, 9.17) is 9.47 Å². The maximum absolute atomic E-state index is 5.87. The Kier molecular flexibility index (Phi) is 4.87. The van der Waals surface area contributed by atoms with Gasteiger partial charge in [-0.2, -0.15) is 0 Å².